The molecular formula is C20H19FN6O3S. The number of hydrogen-bond donors (Lipinski definition) is 0. The van der Waals surface area contributed by atoms with Gasteiger partial charge in [-0.05, 0) is 25.0 Å². The van der Waals surface area contributed by atoms with Crippen LogP contribution in [0.4, 0.5) is 9.57 Å². The van der Waals surface area contributed by atoms with Crippen LogP contribution in [0.3, 0.4) is 0 Å². The van der Waals surface area contributed by atoms with Crippen molar-refractivity contribution >= 4 is 16.2 Å². The molecule has 31 heavy (non-hydrogen) atoms. The molecule has 0 unspecified atom stereocenters. The topological polar surface area (TPSA) is 114 Å². The van der Waals surface area contributed by atoms with Crippen LogP contribution < -0.4 is 9.08 Å². The molecule has 1 aromatic carbocycles. The molecule has 4 rings (SSSR count). The third-order valence-electron chi connectivity index (χ3n) is 5.30. The first kappa shape index (κ1) is 20.7. The van der Waals surface area contributed by atoms with Crippen molar-refractivity contribution in [3.63, 3.8) is 0 Å². The maximum Gasteiger partial charge on any atom is 0.488 e. The van der Waals surface area contributed by atoms with Crippen LogP contribution in [0.25, 0.3) is 11.1 Å². The fourth-order valence-corrected chi connectivity index (χ4v) is 4.28. The Morgan fingerprint density at radius 3 is 2.68 bits per heavy atom. The number of nitriles is 1. The van der Waals surface area contributed by atoms with Gasteiger partial charge in [0.2, 0.25) is 0 Å². The van der Waals surface area contributed by atoms with Crippen molar-refractivity contribution in [1.82, 2.24) is 19.7 Å². The van der Waals surface area contributed by atoms with Crippen molar-refractivity contribution in [2.24, 2.45) is 7.05 Å². The van der Waals surface area contributed by atoms with Crippen LogP contribution in [-0.4, -0.2) is 41.3 Å². The van der Waals surface area contributed by atoms with Gasteiger partial charge in [0.05, 0.1) is 17.4 Å². The number of aryl methyl sites for hydroxylation is 1. The van der Waals surface area contributed by atoms with E-state index in [2.05, 4.69) is 30.3 Å². The fraction of sp³-hybridized carbons (Fsp3) is 0.300. The monoisotopic (exact) mass is 442 g/mol. The quantitative estimate of drug-likeness (QED) is 0.554. The summed E-state index contributed by atoms with van der Waals surface area (Å²) in [5, 5.41) is 17.9. The number of halogens is 1. The first-order valence-corrected chi connectivity index (χ1v) is 10.9. The van der Waals surface area contributed by atoms with Crippen LogP contribution in [0.2, 0.25) is 0 Å². The number of piperidine rings is 1. The van der Waals surface area contributed by atoms with Gasteiger partial charge in [0, 0.05) is 43.4 Å². The lowest BCUT2D eigenvalue weighted by atomic mass is 9.93. The SMILES string of the molecule is Cn1cnnc1C1CCN(c2c(C#N)cccc2-c2cncc(OS(=O)(=O)F)c2)CC1. The van der Waals surface area contributed by atoms with Crippen LogP contribution in [-0.2, 0) is 17.6 Å². The number of anilines is 1. The maximum absolute atomic E-state index is 12.9. The van der Waals surface area contributed by atoms with E-state index in [1.165, 1.54) is 12.3 Å². The van der Waals surface area contributed by atoms with Crippen LogP contribution in [0, 0.1) is 11.3 Å². The van der Waals surface area contributed by atoms with Crippen molar-refractivity contribution in [3.05, 3.63) is 54.4 Å². The normalized spacial score (nSPS) is 14.9. The summed E-state index contributed by atoms with van der Waals surface area (Å²) < 4.78 is 40.9. The number of para-hydroxylation sites is 1. The molecule has 0 radical (unpaired) electrons. The summed E-state index contributed by atoms with van der Waals surface area (Å²) in [6.07, 6.45) is 6.00. The summed E-state index contributed by atoms with van der Waals surface area (Å²) in [6.45, 7) is 1.40. The minimum atomic E-state index is -5.17. The maximum atomic E-state index is 12.9. The highest BCUT2D eigenvalue weighted by atomic mass is 32.3. The largest absolute Gasteiger partial charge is 0.488 e. The molecule has 11 heteroatoms. The Morgan fingerprint density at radius 2 is 2.03 bits per heavy atom. The van der Waals surface area contributed by atoms with E-state index in [1.807, 2.05) is 17.7 Å². The average Bonchev–Trinajstić information content (AvgIpc) is 3.18. The highest BCUT2D eigenvalue weighted by Crippen LogP contribution is 2.38. The molecule has 2 aromatic heterocycles. The lowest BCUT2D eigenvalue weighted by Crippen LogP contribution is -2.34. The van der Waals surface area contributed by atoms with E-state index in [1.54, 1.807) is 18.5 Å². The molecule has 0 N–H and O–H groups in total. The number of hydrogen-bond acceptors (Lipinski definition) is 8. The first-order valence-electron chi connectivity index (χ1n) is 9.57. The molecule has 0 amide bonds. The molecule has 0 atom stereocenters. The summed E-state index contributed by atoms with van der Waals surface area (Å²) in [6, 6.07) is 8.90. The molecule has 0 spiro atoms. The number of aromatic nitrogens is 4. The van der Waals surface area contributed by atoms with Crippen LogP contribution in [0.5, 0.6) is 5.75 Å². The number of nitrogens with zero attached hydrogens (tertiary/aromatic N) is 6. The lowest BCUT2D eigenvalue weighted by molar-refractivity contribution is 0.439. The van der Waals surface area contributed by atoms with E-state index in [0.717, 1.165) is 30.6 Å². The zero-order valence-electron chi connectivity index (χ0n) is 16.6. The van der Waals surface area contributed by atoms with Crippen LogP contribution in [0.1, 0.15) is 30.1 Å². The standard InChI is InChI=1S/C20H19FN6O3S/c1-26-13-24-25-20(26)14-5-7-27(8-6-14)19-15(10-22)3-2-4-18(19)16-9-17(12-23-11-16)30-31(21,28)29/h2-4,9,11-14H,5-8H2,1H3. The molecule has 160 valence electrons. The van der Waals surface area contributed by atoms with E-state index in [9.17, 15) is 17.6 Å². The zero-order chi connectivity index (χ0) is 22.0. The third-order valence-corrected chi connectivity index (χ3v) is 5.69. The number of benzene rings is 1. The van der Waals surface area contributed by atoms with E-state index in [4.69, 9.17) is 0 Å². The second-order valence-electron chi connectivity index (χ2n) is 7.26. The highest BCUT2D eigenvalue weighted by Gasteiger charge is 2.27. The Balaban J connectivity index is 1.66. The predicted octanol–water partition coefficient (Wildman–Crippen LogP) is 2.73. The van der Waals surface area contributed by atoms with Gasteiger partial charge >= 0.3 is 10.5 Å². The zero-order valence-corrected chi connectivity index (χ0v) is 17.5. The van der Waals surface area contributed by atoms with Crippen molar-refractivity contribution in [1.29, 1.82) is 5.26 Å². The molecule has 1 aliphatic rings. The lowest BCUT2D eigenvalue weighted by Gasteiger charge is -2.35. The Labute approximate surface area is 179 Å². The molecular weight excluding hydrogens is 423 g/mol. The highest BCUT2D eigenvalue weighted by molar-refractivity contribution is 7.81. The van der Waals surface area contributed by atoms with Gasteiger partial charge in [0.1, 0.15) is 18.2 Å². The average molecular weight is 442 g/mol. The van der Waals surface area contributed by atoms with Gasteiger partial charge < -0.3 is 13.7 Å². The van der Waals surface area contributed by atoms with Crippen molar-refractivity contribution in [2.45, 2.75) is 18.8 Å². The van der Waals surface area contributed by atoms with Gasteiger partial charge in [-0.25, -0.2) is 0 Å². The minimum Gasteiger partial charge on any atom is -0.370 e. The molecule has 3 aromatic rings. The Morgan fingerprint density at radius 1 is 1.26 bits per heavy atom. The summed E-state index contributed by atoms with van der Waals surface area (Å²) >= 11 is 0. The molecule has 0 bridgehead atoms. The van der Waals surface area contributed by atoms with Gasteiger partial charge in [0.15, 0.2) is 5.75 Å². The van der Waals surface area contributed by atoms with Gasteiger partial charge in [-0.1, -0.05) is 16.0 Å². The van der Waals surface area contributed by atoms with Gasteiger partial charge in [-0.2, -0.15) is 13.7 Å². The van der Waals surface area contributed by atoms with Crippen LogP contribution >= 0.6 is 0 Å². The molecule has 1 aliphatic heterocycles. The molecule has 0 saturated carbocycles. The Hall–Kier alpha value is -3.52. The predicted molar refractivity (Wildman–Crippen MR) is 110 cm³/mol. The van der Waals surface area contributed by atoms with Crippen LogP contribution in [0.15, 0.2) is 43.0 Å². The van der Waals surface area contributed by atoms with Gasteiger partial charge in [0.25, 0.3) is 0 Å². The van der Waals surface area contributed by atoms with Crippen molar-refractivity contribution in [3.8, 4) is 22.9 Å². The van der Waals surface area contributed by atoms with Gasteiger partial charge in [-0.15, -0.1) is 10.2 Å². The summed E-state index contributed by atoms with van der Waals surface area (Å²) in [5.74, 6) is 0.971. The molecule has 1 fully saturated rings. The number of rotatable bonds is 5. The van der Waals surface area contributed by atoms with E-state index in [0.29, 0.717) is 29.8 Å². The molecule has 0 aliphatic carbocycles. The number of pyridine rings is 1. The van der Waals surface area contributed by atoms with E-state index in [-0.39, 0.29) is 11.7 Å². The first-order chi connectivity index (χ1) is 14.9. The Bertz CT molecular complexity index is 1250. The summed E-state index contributed by atoms with van der Waals surface area (Å²) in [4.78, 5) is 6.09. The molecule has 9 nitrogen and oxygen atoms in total. The second-order valence-corrected chi connectivity index (χ2v) is 8.21. The van der Waals surface area contributed by atoms with Crippen molar-refractivity contribution in [2.75, 3.05) is 18.0 Å². The summed E-state index contributed by atoms with van der Waals surface area (Å²) in [7, 11) is -3.25. The van der Waals surface area contributed by atoms with E-state index >= 15 is 0 Å². The summed E-state index contributed by atoms with van der Waals surface area (Å²) in [5.41, 5.74) is 2.41. The van der Waals surface area contributed by atoms with Crippen molar-refractivity contribution < 1.29 is 16.5 Å². The third kappa shape index (κ3) is 4.49. The Kier molecular flexibility index (Phi) is 5.56. The second kappa shape index (κ2) is 8.31. The molecule has 1 saturated heterocycles. The smallest absolute Gasteiger partial charge is 0.370 e. The minimum absolute atomic E-state index is 0.241. The van der Waals surface area contributed by atoms with E-state index < -0.39 is 10.5 Å². The molecule has 3 heterocycles. The van der Waals surface area contributed by atoms with Gasteiger partial charge in [-0.3, -0.25) is 4.98 Å². The fourth-order valence-electron chi connectivity index (χ4n) is 3.96.